The Kier molecular flexibility index (Phi) is 6.31. The average molecular weight is 350 g/mol. The molecule has 3 nitrogen and oxygen atoms in total. The van der Waals surface area contributed by atoms with Crippen molar-refractivity contribution in [2.45, 2.75) is 6.92 Å². The molecule has 0 spiro atoms. The summed E-state index contributed by atoms with van der Waals surface area (Å²) in [6, 6.07) is 18.4. The van der Waals surface area contributed by atoms with Gasteiger partial charge in [-0.05, 0) is 25.1 Å². The highest BCUT2D eigenvalue weighted by atomic mass is 35.5. The van der Waals surface area contributed by atoms with E-state index in [0.717, 1.165) is 42.5 Å². The lowest BCUT2D eigenvalue weighted by atomic mass is 10.1. The zero-order valence-corrected chi connectivity index (χ0v) is 14.7. The van der Waals surface area contributed by atoms with Crippen molar-refractivity contribution in [3.8, 4) is 0 Å². The summed E-state index contributed by atoms with van der Waals surface area (Å²) in [6.07, 6.45) is 0. The summed E-state index contributed by atoms with van der Waals surface area (Å²) in [5.41, 5.74) is 3.27. The van der Waals surface area contributed by atoms with E-state index in [9.17, 15) is 0 Å². The molecule has 0 aromatic heterocycles. The first-order valence-corrected chi connectivity index (χ1v) is 7.97. The molecule has 0 aliphatic carbocycles. The minimum atomic E-state index is 0. The van der Waals surface area contributed by atoms with Crippen LogP contribution in [0.3, 0.4) is 0 Å². The Morgan fingerprint density at radius 2 is 1.52 bits per heavy atom. The van der Waals surface area contributed by atoms with Crippen LogP contribution in [0.5, 0.6) is 0 Å². The molecule has 0 N–H and O–H groups in total. The second-order valence-corrected chi connectivity index (χ2v) is 5.85. The van der Waals surface area contributed by atoms with Gasteiger partial charge in [-0.1, -0.05) is 48.0 Å². The molecular weight excluding hydrogens is 329 g/mol. The Hall–Kier alpha value is -1.71. The van der Waals surface area contributed by atoms with Crippen molar-refractivity contribution < 1.29 is 0 Å². The van der Waals surface area contributed by atoms with Gasteiger partial charge in [0, 0.05) is 29.4 Å². The second-order valence-electron chi connectivity index (χ2n) is 5.44. The minimum Gasteiger partial charge on any atom is -0.368 e. The minimum absolute atomic E-state index is 0. The summed E-state index contributed by atoms with van der Waals surface area (Å²) in [6.45, 7) is 5.85. The second kappa shape index (κ2) is 8.23. The fourth-order valence-electron chi connectivity index (χ4n) is 2.71. The zero-order valence-electron chi connectivity index (χ0n) is 13.2. The fourth-order valence-corrected chi connectivity index (χ4v) is 2.99. The van der Waals surface area contributed by atoms with Crippen molar-refractivity contribution in [3.05, 3.63) is 65.2 Å². The Morgan fingerprint density at radius 1 is 0.913 bits per heavy atom. The Balaban J connectivity index is 0.00000192. The van der Waals surface area contributed by atoms with Crippen LogP contribution in [0.25, 0.3) is 0 Å². The molecule has 0 radical (unpaired) electrons. The third kappa shape index (κ3) is 4.40. The van der Waals surface area contributed by atoms with E-state index in [1.54, 1.807) is 0 Å². The number of piperazine rings is 1. The van der Waals surface area contributed by atoms with Gasteiger partial charge in [-0.2, -0.15) is 5.10 Å². The van der Waals surface area contributed by atoms with E-state index < -0.39 is 0 Å². The van der Waals surface area contributed by atoms with Crippen molar-refractivity contribution in [3.63, 3.8) is 0 Å². The SMILES string of the molecule is C/C(=N\N1CCN(c2ccccc2)CC1)c1ccccc1Cl.Cl. The fraction of sp³-hybridized carbons (Fsp3) is 0.278. The van der Waals surface area contributed by atoms with Crippen LogP contribution >= 0.6 is 24.0 Å². The molecule has 1 fully saturated rings. The van der Waals surface area contributed by atoms with Crippen LogP contribution in [0, 0.1) is 0 Å². The number of nitrogens with zero attached hydrogens (tertiary/aromatic N) is 3. The molecule has 0 atom stereocenters. The first-order valence-electron chi connectivity index (χ1n) is 7.59. The van der Waals surface area contributed by atoms with Crippen LogP contribution in [0.2, 0.25) is 5.02 Å². The molecule has 1 aliphatic heterocycles. The van der Waals surface area contributed by atoms with Gasteiger partial charge in [0.15, 0.2) is 0 Å². The van der Waals surface area contributed by atoms with E-state index in [0.29, 0.717) is 0 Å². The molecule has 23 heavy (non-hydrogen) atoms. The lowest BCUT2D eigenvalue weighted by molar-refractivity contribution is 0.270. The molecule has 0 unspecified atom stereocenters. The standard InChI is InChI=1S/C18H20ClN3.ClH/c1-15(17-9-5-6-10-18(17)19)20-22-13-11-21(12-14-22)16-7-3-2-4-8-16;/h2-10H,11-14H2,1H3;1H/b20-15+;. The van der Waals surface area contributed by atoms with E-state index in [2.05, 4.69) is 40.2 Å². The highest BCUT2D eigenvalue weighted by molar-refractivity contribution is 6.34. The number of hydrogen-bond acceptors (Lipinski definition) is 3. The third-order valence-electron chi connectivity index (χ3n) is 3.93. The summed E-state index contributed by atoms with van der Waals surface area (Å²) in [5, 5.41) is 7.63. The maximum absolute atomic E-state index is 6.23. The van der Waals surface area contributed by atoms with Crippen LogP contribution in [-0.2, 0) is 0 Å². The summed E-state index contributed by atoms with van der Waals surface area (Å²) < 4.78 is 0. The van der Waals surface area contributed by atoms with Gasteiger partial charge in [-0.3, -0.25) is 5.01 Å². The molecule has 2 aromatic rings. The van der Waals surface area contributed by atoms with Crippen molar-refractivity contribution in [1.29, 1.82) is 0 Å². The van der Waals surface area contributed by atoms with E-state index >= 15 is 0 Å². The van der Waals surface area contributed by atoms with E-state index in [4.69, 9.17) is 16.7 Å². The molecule has 0 saturated carbocycles. The highest BCUT2D eigenvalue weighted by Crippen LogP contribution is 2.18. The van der Waals surface area contributed by atoms with Crippen molar-refractivity contribution >= 4 is 35.4 Å². The number of halogens is 2. The third-order valence-corrected chi connectivity index (χ3v) is 4.26. The van der Waals surface area contributed by atoms with Gasteiger partial charge in [0.05, 0.1) is 18.8 Å². The number of hydrazone groups is 1. The van der Waals surface area contributed by atoms with E-state index in [-0.39, 0.29) is 12.4 Å². The van der Waals surface area contributed by atoms with Gasteiger partial charge in [0.2, 0.25) is 0 Å². The molecule has 0 amide bonds. The number of rotatable bonds is 3. The van der Waals surface area contributed by atoms with Gasteiger partial charge < -0.3 is 4.90 Å². The summed E-state index contributed by atoms with van der Waals surface area (Å²) in [7, 11) is 0. The molecule has 0 bridgehead atoms. The van der Waals surface area contributed by atoms with Crippen LogP contribution in [0.1, 0.15) is 12.5 Å². The van der Waals surface area contributed by atoms with Crippen LogP contribution in [0.4, 0.5) is 5.69 Å². The van der Waals surface area contributed by atoms with Crippen molar-refractivity contribution in [2.24, 2.45) is 5.10 Å². The quantitative estimate of drug-likeness (QED) is 0.769. The van der Waals surface area contributed by atoms with Gasteiger partial charge in [-0.25, -0.2) is 0 Å². The summed E-state index contributed by atoms with van der Waals surface area (Å²) in [5.74, 6) is 0. The molecule has 5 heteroatoms. The molecule has 1 aliphatic rings. The molecule has 122 valence electrons. The number of hydrogen-bond donors (Lipinski definition) is 0. The lowest BCUT2D eigenvalue weighted by Gasteiger charge is -2.35. The summed E-state index contributed by atoms with van der Waals surface area (Å²) >= 11 is 6.23. The van der Waals surface area contributed by atoms with Gasteiger partial charge in [0.1, 0.15) is 0 Å². The highest BCUT2D eigenvalue weighted by Gasteiger charge is 2.16. The first kappa shape index (κ1) is 17.6. The van der Waals surface area contributed by atoms with Crippen LogP contribution < -0.4 is 4.90 Å². The normalized spacial score (nSPS) is 15.3. The van der Waals surface area contributed by atoms with E-state index in [1.807, 2.05) is 31.2 Å². The lowest BCUT2D eigenvalue weighted by Crippen LogP contribution is -2.44. The largest absolute Gasteiger partial charge is 0.368 e. The van der Waals surface area contributed by atoms with Crippen molar-refractivity contribution in [1.82, 2.24) is 5.01 Å². The zero-order chi connectivity index (χ0) is 15.4. The average Bonchev–Trinajstić information content (AvgIpc) is 2.57. The van der Waals surface area contributed by atoms with Gasteiger partial charge >= 0.3 is 0 Å². The predicted octanol–water partition coefficient (Wildman–Crippen LogP) is 4.31. The first-order chi connectivity index (χ1) is 10.7. The Bertz CT molecular complexity index is 650. The van der Waals surface area contributed by atoms with Gasteiger partial charge in [-0.15, -0.1) is 12.4 Å². The number of benzene rings is 2. The molecule has 2 aromatic carbocycles. The Labute approximate surface area is 149 Å². The topological polar surface area (TPSA) is 18.8 Å². The molecule has 1 saturated heterocycles. The monoisotopic (exact) mass is 349 g/mol. The summed E-state index contributed by atoms with van der Waals surface area (Å²) in [4.78, 5) is 2.40. The molecule has 3 rings (SSSR count). The van der Waals surface area contributed by atoms with Crippen molar-refractivity contribution in [2.75, 3.05) is 31.1 Å². The molecular formula is C18H21Cl2N3. The van der Waals surface area contributed by atoms with Crippen LogP contribution in [-0.4, -0.2) is 36.9 Å². The van der Waals surface area contributed by atoms with E-state index in [1.165, 1.54) is 5.69 Å². The Morgan fingerprint density at radius 3 is 2.17 bits per heavy atom. The number of para-hydroxylation sites is 1. The maximum atomic E-state index is 6.23. The molecule has 1 heterocycles. The van der Waals surface area contributed by atoms with Crippen LogP contribution in [0.15, 0.2) is 59.7 Å². The maximum Gasteiger partial charge on any atom is 0.0661 e. The number of anilines is 1. The smallest absolute Gasteiger partial charge is 0.0661 e. The van der Waals surface area contributed by atoms with Gasteiger partial charge in [0.25, 0.3) is 0 Å². The predicted molar refractivity (Wildman–Crippen MR) is 101 cm³/mol.